The maximum Gasteiger partial charge on any atom is 0.216 e. The molecule has 8 heteroatoms. The molecule has 0 amide bonds. The molecule has 0 aliphatic carbocycles. The quantitative estimate of drug-likeness (QED) is 0.405. The fourth-order valence-corrected chi connectivity index (χ4v) is 3.38. The van der Waals surface area contributed by atoms with E-state index in [1.54, 1.807) is 17.0 Å². The van der Waals surface area contributed by atoms with E-state index in [0.717, 1.165) is 32.5 Å². The van der Waals surface area contributed by atoms with Gasteiger partial charge in [0.05, 0.1) is 15.2 Å². The standard InChI is InChI=1S/C14H14Br2N4OS/c1-3-5-21-13-10(15)6-9(7-11(13)16)8-17-20-12(4-2)18-19-14(20)22/h3,6-8H,1,4-5H2,2H3,(H,19,22)/b17-8+. The van der Waals surface area contributed by atoms with E-state index in [9.17, 15) is 0 Å². The molecule has 1 aromatic carbocycles. The van der Waals surface area contributed by atoms with Crippen molar-refractivity contribution in [3.05, 3.63) is 49.9 Å². The van der Waals surface area contributed by atoms with E-state index < -0.39 is 0 Å². The average molecular weight is 446 g/mol. The Morgan fingerprint density at radius 1 is 1.45 bits per heavy atom. The van der Waals surface area contributed by atoms with Crippen LogP contribution in [0.5, 0.6) is 5.75 Å². The summed E-state index contributed by atoms with van der Waals surface area (Å²) in [4.78, 5) is 0. The predicted octanol–water partition coefficient (Wildman–Crippen LogP) is 4.48. The van der Waals surface area contributed by atoms with Crippen LogP contribution in [0.1, 0.15) is 18.3 Å². The summed E-state index contributed by atoms with van der Waals surface area (Å²) in [6, 6.07) is 3.84. The van der Waals surface area contributed by atoms with Gasteiger partial charge in [-0.15, -0.1) is 0 Å². The Morgan fingerprint density at radius 3 is 2.73 bits per heavy atom. The lowest BCUT2D eigenvalue weighted by Crippen LogP contribution is -1.98. The maximum absolute atomic E-state index is 5.58. The molecule has 0 unspecified atom stereocenters. The second-order valence-electron chi connectivity index (χ2n) is 4.27. The summed E-state index contributed by atoms with van der Waals surface area (Å²) in [6.45, 7) is 6.07. The fraction of sp³-hybridized carbons (Fsp3) is 0.214. The van der Waals surface area contributed by atoms with Crippen molar-refractivity contribution in [1.29, 1.82) is 0 Å². The molecule has 0 radical (unpaired) electrons. The van der Waals surface area contributed by atoms with E-state index in [1.165, 1.54) is 0 Å². The smallest absolute Gasteiger partial charge is 0.216 e. The average Bonchev–Trinajstić information content (AvgIpc) is 2.84. The molecule has 0 spiro atoms. The maximum atomic E-state index is 5.58. The lowest BCUT2D eigenvalue weighted by molar-refractivity contribution is 0.358. The summed E-state index contributed by atoms with van der Waals surface area (Å²) < 4.78 is 9.33. The molecule has 0 aliphatic heterocycles. The Morgan fingerprint density at radius 2 is 2.14 bits per heavy atom. The van der Waals surface area contributed by atoms with Crippen LogP contribution in [0.2, 0.25) is 0 Å². The highest BCUT2D eigenvalue weighted by Gasteiger charge is 2.08. The van der Waals surface area contributed by atoms with Crippen molar-refractivity contribution in [2.45, 2.75) is 13.3 Å². The normalized spacial score (nSPS) is 11.0. The highest BCUT2D eigenvalue weighted by molar-refractivity contribution is 9.11. The zero-order valence-corrected chi connectivity index (χ0v) is 15.8. The number of ether oxygens (including phenoxy) is 1. The summed E-state index contributed by atoms with van der Waals surface area (Å²) in [7, 11) is 0. The molecule has 0 saturated carbocycles. The second-order valence-corrected chi connectivity index (χ2v) is 6.36. The van der Waals surface area contributed by atoms with Gasteiger partial charge in [0.15, 0.2) is 5.82 Å². The zero-order valence-electron chi connectivity index (χ0n) is 11.8. The lowest BCUT2D eigenvalue weighted by Gasteiger charge is -2.09. The van der Waals surface area contributed by atoms with Gasteiger partial charge in [0.25, 0.3) is 0 Å². The molecule has 1 heterocycles. The number of H-pyrrole nitrogens is 1. The number of benzene rings is 1. The number of aromatic nitrogens is 3. The molecule has 0 aliphatic rings. The highest BCUT2D eigenvalue weighted by atomic mass is 79.9. The highest BCUT2D eigenvalue weighted by Crippen LogP contribution is 2.34. The molecule has 116 valence electrons. The molecule has 22 heavy (non-hydrogen) atoms. The van der Waals surface area contributed by atoms with Gasteiger partial charge in [0.2, 0.25) is 4.77 Å². The largest absolute Gasteiger partial charge is 0.487 e. The first-order chi connectivity index (χ1) is 10.6. The van der Waals surface area contributed by atoms with Crippen LogP contribution in [-0.4, -0.2) is 27.7 Å². The topological polar surface area (TPSA) is 55.2 Å². The summed E-state index contributed by atoms with van der Waals surface area (Å²) in [6.07, 6.45) is 4.16. The van der Waals surface area contributed by atoms with Crippen molar-refractivity contribution in [2.24, 2.45) is 5.10 Å². The van der Waals surface area contributed by atoms with Crippen molar-refractivity contribution in [3.8, 4) is 5.75 Å². The van der Waals surface area contributed by atoms with E-state index >= 15 is 0 Å². The fourth-order valence-electron chi connectivity index (χ4n) is 1.73. The zero-order chi connectivity index (χ0) is 16.1. The number of rotatable bonds is 6. The van der Waals surface area contributed by atoms with Gasteiger partial charge in [-0.1, -0.05) is 19.6 Å². The Hall–Kier alpha value is -1.25. The molecule has 2 aromatic rings. The minimum atomic E-state index is 0.439. The van der Waals surface area contributed by atoms with E-state index in [2.05, 4.69) is 53.7 Å². The minimum absolute atomic E-state index is 0.439. The number of aryl methyl sites for hydroxylation is 1. The summed E-state index contributed by atoms with van der Waals surface area (Å²) >= 11 is 12.1. The van der Waals surface area contributed by atoms with Crippen LogP contribution < -0.4 is 4.74 Å². The summed E-state index contributed by atoms with van der Waals surface area (Å²) in [5, 5.41) is 11.2. The molecule has 0 atom stereocenters. The first-order valence-electron chi connectivity index (χ1n) is 6.50. The number of nitrogens with one attached hydrogen (secondary N) is 1. The molecule has 0 saturated heterocycles. The van der Waals surface area contributed by atoms with Crippen LogP contribution in [0.25, 0.3) is 0 Å². The van der Waals surface area contributed by atoms with Gasteiger partial charge >= 0.3 is 0 Å². The molecular formula is C14H14Br2N4OS. The van der Waals surface area contributed by atoms with E-state index in [0.29, 0.717) is 11.4 Å². The third kappa shape index (κ3) is 3.93. The van der Waals surface area contributed by atoms with Gasteiger partial charge in [-0.2, -0.15) is 14.9 Å². The van der Waals surface area contributed by atoms with Gasteiger partial charge < -0.3 is 4.74 Å². The number of aromatic amines is 1. The third-order valence-electron chi connectivity index (χ3n) is 2.72. The van der Waals surface area contributed by atoms with Gasteiger partial charge in [0.1, 0.15) is 12.4 Å². The first kappa shape index (κ1) is 17.1. The molecule has 2 rings (SSSR count). The Labute approximate surface area is 150 Å². The molecule has 1 N–H and O–H groups in total. The minimum Gasteiger partial charge on any atom is -0.487 e. The number of nitrogens with zero attached hydrogens (tertiary/aromatic N) is 3. The van der Waals surface area contributed by atoms with Crippen molar-refractivity contribution in [1.82, 2.24) is 14.9 Å². The lowest BCUT2D eigenvalue weighted by atomic mass is 10.2. The van der Waals surface area contributed by atoms with Crippen LogP contribution in [0.4, 0.5) is 0 Å². The van der Waals surface area contributed by atoms with Crippen LogP contribution in [0.3, 0.4) is 0 Å². The van der Waals surface area contributed by atoms with Crippen molar-refractivity contribution in [3.63, 3.8) is 0 Å². The van der Waals surface area contributed by atoms with Gasteiger partial charge in [-0.3, -0.25) is 5.10 Å². The Balaban J connectivity index is 2.30. The van der Waals surface area contributed by atoms with Crippen molar-refractivity contribution >= 4 is 50.3 Å². The summed E-state index contributed by atoms with van der Waals surface area (Å²) in [5.74, 6) is 1.51. The number of hydrogen-bond donors (Lipinski definition) is 1. The molecule has 0 bridgehead atoms. The number of halogens is 2. The van der Waals surface area contributed by atoms with E-state index in [4.69, 9.17) is 17.0 Å². The van der Waals surface area contributed by atoms with Crippen molar-refractivity contribution < 1.29 is 4.74 Å². The molecular weight excluding hydrogens is 432 g/mol. The molecule has 5 nitrogen and oxygen atoms in total. The first-order valence-corrected chi connectivity index (χ1v) is 8.49. The predicted molar refractivity (Wildman–Crippen MR) is 97.3 cm³/mol. The van der Waals surface area contributed by atoms with Gasteiger partial charge in [-0.05, 0) is 61.8 Å². The molecule has 0 fully saturated rings. The second kappa shape index (κ2) is 7.85. The van der Waals surface area contributed by atoms with Crippen LogP contribution in [0, 0.1) is 4.77 Å². The van der Waals surface area contributed by atoms with Crippen LogP contribution in [0.15, 0.2) is 38.8 Å². The Bertz CT molecular complexity index is 743. The van der Waals surface area contributed by atoms with Gasteiger partial charge in [0, 0.05) is 6.42 Å². The van der Waals surface area contributed by atoms with E-state index in [1.807, 2.05) is 19.1 Å². The summed E-state index contributed by atoms with van der Waals surface area (Å²) in [5.41, 5.74) is 0.898. The van der Waals surface area contributed by atoms with Crippen molar-refractivity contribution in [2.75, 3.05) is 6.61 Å². The van der Waals surface area contributed by atoms with Crippen LogP contribution in [-0.2, 0) is 6.42 Å². The number of hydrogen-bond acceptors (Lipinski definition) is 4. The Kier molecular flexibility index (Phi) is 6.10. The van der Waals surface area contributed by atoms with Crippen LogP contribution >= 0.6 is 44.1 Å². The monoisotopic (exact) mass is 444 g/mol. The van der Waals surface area contributed by atoms with Gasteiger partial charge in [-0.25, -0.2) is 0 Å². The third-order valence-corrected chi connectivity index (χ3v) is 4.16. The van der Waals surface area contributed by atoms with E-state index in [-0.39, 0.29) is 0 Å². The molecule has 1 aromatic heterocycles. The SMILES string of the molecule is C=CCOc1c(Br)cc(/C=N/n2c(CC)n[nH]c2=S)cc1Br.